The monoisotopic (exact) mass is 404 g/mol. The molecule has 1 heterocycles. The van der Waals surface area contributed by atoms with Crippen LogP contribution < -0.4 is 4.57 Å². The standard InChI is InChI=1S/C14H12NS.4FH.Ru/c1-2-6-12(7-3-1)10-15-11-16-14-9-5-4-8-13(14)15;;;;;/h1-9,11H,10H2;4*1H;/q+1;;;;;+4/p-4. The fourth-order valence-electron chi connectivity index (χ4n) is 1.87. The third-order valence-corrected chi connectivity index (χ3v) is 3.64. The molecule has 0 aliphatic carbocycles. The van der Waals surface area contributed by atoms with Crippen molar-refractivity contribution in [1.82, 2.24) is 0 Å². The zero-order valence-electron chi connectivity index (χ0n) is 10.7. The summed E-state index contributed by atoms with van der Waals surface area (Å²) in [6, 6.07) is 19.1. The second-order valence-electron chi connectivity index (χ2n) is 4.11. The Labute approximate surface area is 128 Å². The average Bonchev–Trinajstić information content (AvgIpc) is 2.82. The molecule has 21 heavy (non-hydrogen) atoms. The number of nitrogens with zero attached hydrogens (tertiary/aromatic N) is 1. The molecular formula is C14H12F4NRuS+. The minimum atomic E-state index is -6.86. The quantitative estimate of drug-likeness (QED) is 0.325. The third kappa shape index (κ3) is 5.52. The van der Waals surface area contributed by atoms with Crippen LogP contribution in [0.25, 0.3) is 10.2 Å². The molecule has 2 aromatic carbocycles. The number of halogens is 4. The molecule has 0 N–H and O–H groups in total. The van der Waals surface area contributed by atoms with E-state index in [0.29, 0.717) is 0 Å². The molecule has 3 aromatic rings. The van der Waals surface area contributed by atoms with Crippen LogP contribution in [0.3, 0.4) is 0 Å². The largest absolute Gasteiger partial charge is 0.226 e. The van der Waals surface area contributed by atoms with Crippen molar-refractivity contribution in [2.75, 3.05) is 0 Å². The molecule has 0 saturated heterocycles. The van der Waals surface area contributed by atoms with E-state index in [4.69, 9.17) is 0 Å². The molecule has 1 aromatic heterocycles. The maximum atomic E-state index is 9.86. The van der Waals surface area contributed by atoms with Gasteiger partial charge in [0, 0.05) is 11.6 Å². The van der Waals surface area contributed by atoms with Crippen molar-refractivity contribution in [2.45, 2.75) is 6.54 Å². The van der Waals surface area contributed by atoms with Gasteiger partial charge in [0.15, 0.2) is 6.54 Å². The second kappa shape index (κ2) is 7.09. The molecule has 0 aliphatic rings. The Bertz CT molecular complexity index is 691. The van der Waals surface area contributed by atoms with Gasteiger partial charge in [0.05, 0.1) is 0 Å². The summed E-state index contributed by atoms with van der Waals surface area (Å²) in [7, 11) is 0. The summed E-state index contributed by atoms with van der Waals surface area (Å²) in [5.41, 5.74) is 4.85. The Kier molecular flexibility index (Phi) is 5.42. The Balaban J connectivity index is 0.000000282. The molecule has 0 atom stereocenters. The summed E-state index contributed by atoms with van der Waals surface area (Å²) in [5.74, 6) is 0. The summed E-state index contributed by atoms with van der Waals surface area (Å²) >= 11 is -5.06. The summed E-state index contributed by atoms with van der Waals surface area (Å²) < 4.78 is 43.1. The Hall–Kier alpha value is -1.33. The van der Waals surface area contributed by atoms with Crippen molar-refractivity contribution in [3.05, 3.63) is 65.7 Å². The van der Waals surface area contributed by atoms with Gasteiger partial charge in [-0.3, -0.25) is 0 Å². The molecule has 3 rings (SSSR count). The first-order chi connectivity index (χ1) is 9.93. The first kappa shape index (κ1) is 16.1. The number of benzene rings is 2. The SMILES string of the molecule is [F][Ru]([F])([F])[F].c1ccc(C[n+]2csc3ccccc32)cc1. The molecule has 0 bridgehead atoms. The third-order valence-electron chi connectivity index (χ3n) is 2.68. The zero-order valence-corrected chi connectivity index (χ0v) is 13.3. The first-order valence-electron chi connectivity index (χ1n) is 5.86. The van der Waals surface area contributed by atoms with Crippen molar-refractivity contribution in [2.24, 2.45) is 0 Å². The van der Waals surface area contributed by atoms with Crippen LogP contribution in [0.5, 0.6) is 0 Å². The van der Waals surface area contributed by atoms with Gasteiger partial charge in [-0.25, -0.2) is 0 Å². The first-order valence-corrected chi connectivity index (χ1v) is 9.37. The van der Waals surface area contributed by atoms with E-state index in [9.17, 15) is 13.3 Å². The second-order valence-corrected chi connectivity index (χ2v) is 6.48. The summed E-state index contributed by atoms with van der Waals surface area (Å²) in [5, 5.41) is 0. The average molecular weight is 403 g/mol. The molecule has 0 aliphatic heterocycles. The fraction of sp³-hybridized carbons (Fsp3) is 0.0714. The van der Waals surface area contributed by atoms with Crippen LogP contribution in [0.4, 0.5) is 13.3 Å². The number of hydrogen-bond acceptors (Lipinski definition) is 1. The zero-order chi connectivity index (χ0) is 15.3. The molecule has 0 saturated carbocycles. The van der Waals surface area contributed by atoms with Gasteiger partial charge in [-0.15, -0.1) is 0 Å². The molecule has 7 heteroatoms. The van der Waals surface area contributed by atoms with Crippen LogP contribution in [0.15, 0.2) is 60.1 Å². The maximum absolute atomic E-state index is 9.86. The number of aromatic nitrogens is 1. The van der Waals surface area contributed by atoms with Crippen LogP contribution in [-0.4, -0.2) is 0 Å². The fourth-order valence-corrected chi connectivity index (χ4v) is 2.77. The minimum Gasteiger partial charge on any atom is -0.184 e. The Morgan fingerprint density at radius 1 is 0.857 bits per heavy atom. The molecule has 0 fully saturated rings. The molecule has 0 radical (unpaired) electrons. The number of hydrogen-bond donors (Lipinski definition) is 0. The molecule has 0 unspecified atom stereocenters. The minimum absolute atomic E-state index is 0.949. The van der Waals surface area contributed by atoms with E-state index in [1.54, 1.807) is 11.3 Å². The number of rotatable bonds is 2. The summed E-state index contributed by atoms with van der Waals surface area (Å²) in [4.78, 5) is 0. The molecule has 114 valence electrons. The Morgan fingerprint density at radius 3 is 2.10 bits per heavy atom. The van der Waals surface area contributed by atoms with Crippen LogP contribution in [0.1, 0.15) is 5.56 Å². The van der Waals surface area contributed by atoms with Gasteiger partial charge in [-0.2, -0.15) is 4.57 Å². The van der Waals surface area contributed by atoms with Gasteiger partial charge in [0.2, 0.25) is 11.0 Å². The van der Waals surface area contributed by atoms with Crippen molar-refractivity contribution < 1.29 is 34.6 Å². The maximum Gasteiger partial charge on any atom is 0.226 e. The Morgan fingerprint density at radius 2 is 1.43 bits per heavy atom. The van der Waals surface area contributed by atoms with E-state index in [1.165, 1.54) is 15.8 Å². The predicted octanol–water partition coefficient (Wildman–Crippen LogP) is 4.92. The van der Waals surface area contributed by atoms with E-state index in [-0.39, 0.29) is 0 Å². The van der Waals surface area contributed by atoms with Gasteiger partial charge in [-0.05, 0) is 6.07 Å². The smallest absolute Gasteiger partial charge is 0.184 e. The normalized spacial score (nSPS) is 11.8. The van der Waals surface area contributed by atoms with E-state index in [2.05, 4.69) is 64.7 Å². The van der Waals surface area contributed by atoms with Crippen LogP contribution >= 0.6 is 11.3 Å². The van der Waals surface area contributed by atoms with Crippen molar-refractivity contribution >= 4 is 21.6 Å². The summed E-state index contributed by atoms with van der Waals surface area (Å²) in [6.45, 7) is 0.949. The van der Waals surface area contributed by atoms with Gasteiger partial charge in [0.25, 0.3) is 0 Å². The topological polar surface area (TPSA) is 3.88 Å². The van der Waals surface area contributed by atoms with E-state index >= 15 is 0 Å². The van der Waals surface area contributed by atoms with E-state index < -0.39 is 16.8 Å². The number of fused-ring (bicyclic) bond motifs is 1. The summed E-state index contributed by atoms with van der Waals surface area (Å²) in [6.07, 6.45) is 0. The van der Waals surface area contributed by atoms with Crippen LogP contribution in [0, 0.1) is 0 Å². The van der Waals surface area contributed by atoms with E-state index in [1.807, 2.05) is 0 Å². The van der Waals surface area contributed by atoms with Crippen molar-refractivity contribution in [1.29, 1.82) is 0 Å². The van der Waals surface area contributed by atoms with Crippen LogP contribution in [-0.2, 0) is 23.3 Å². The number of para-hydroxylation sites is 1. The number of thiazole rings is 1. The van der Waals surface area contributed by atoms with E-state index in [0.717, 1.165) is 6.54 Å². The van der Waals surface area contributed by atoms with Crippen LogP contribution in [0.2, 0.25) is 0 Å². The van der Waals surface area contributed by atoms with Gasteiger partial charge < -0.3 is 0 Å². The molecular weight excluding hydrogens is 391 g/mol. The van der Waals surface area contributed by atoms with Gasteiger partial charge >= 0.3 is 30.0 Å². The predicted molar refractivity (Wildman–Crippen MR) is 72.0 cm³/mol. The molecule has 0 amide bonds. The van der Waals surface area contributed by atoms with Crippen molar-refractivity contribution in [3.63, 3.8) is 0 Å². The van der Waals surface area contributed by atoms with Gasteiger partial charge in [0.1, 0.15) is 4.70 Å². The molecule has 1 nitrogen and oxygen atoms in total. The van der Waals surface area contributed by atoms with Crippen molar-refractivity contribution in [3.8, 4) is 0 Å². The molecule has 0 spiro atoms. The van der Waals surface area contributed by atoms with Gasteiger partial charge in [-0.1, -0.05) is 53.8 Å².